The summed E-state index contributed by atoms with van der Waals surface area (Å²) in [6.45, 7) is 75.4. The Labute approximate surface area is 433 Å². The first-order valence-corrected chi connectivity index (χ1v) is 29.3. The highest BCUT2D eigenvalue weighted by Gasteiger charge is 2.22. The van der Waals surface area contributed by atoms with Crippen molar-refractivity contribution in [1.82, 2.24) is 0 Å². The molecule has 4 fully saturated rings. The maximum absolute atomic E-state index is 7.25. The second-order valence-electron chi connectivity index (χ2n) is 28.3. The van der Waals surface area contributed by atoms with Crippen molar-refractivity contribution in [3.8, 4) is 0 Å². The molecular weight excluding hydrogens is 793 g/mol. The average Bonchev–Trinajstić information content (AvgIpc) is 3.82. The van der Waals surface area contributed by atoms with Crippen molar-refractivity contribution in [3.05, 3.63) is 0 Å². The van der Waals surface area contributed by atoms with Crippen molar-refractivity contribution in [2.24, 2.45) is 55.7 Å². The van der Waals surface area contributed by atoms with Gasteiger partial charge in [-0.05, 0) is 81.3 Å². The highest BCUT2D eigenvalue weighted by atomic mass is 14.3. The minimum absolute atomic E-state index is 0.229. The van der Waals surface area contributed by atoms with Gasteiger partial charge in [0.25, 0.3) is 0 Å². The summed E-state index contributed by atoms with van der Waals surface area (Å²) >= 11 is 0. The summed E-state index contributed by atoms with van der Waals surface area (Å²) < 4.78 is 14.5. The third-order valence-electron chi connectivity index (χ3n) is 10.6. The Balaban J connectivity index is -0.0000000807. The van der Waals surface area contributed by atoms with Crippen molar-refractivity contribution < 1.29 is 2.74 Å². The first-order chi connectivity index (χ1) is 30.3. The van der Waals surface area contributed by atoms with Gasteiger partial charge in [-0.3, -0.25) is 0 Å². The fraction of sp³-hybridized carbons (Fsp3) is 1.00. The zero-order valence-corrected chi connectivity index (χ0v) is 54.9. The molecule has 4 aliphatic rings. The molecule has 0 spiro atoms. The number of hydrogen-bond acceptors (Lipinski definition) is 0. The second kappa shape index (κ2) is 51.4. The van der Waals surface area contributed by atoms with E-state index in [-0.39, 0.29) is 5.41 Å². The monoisotopic (exact) mass is 945 g/mol. The third kappa shape index (κ3) is 137. The lowest BCUT2D eigenvalue weighted by molar-refractivity contribution is 0.244. The van der Waals surface area contributed by atoms with Crippen LogP contribution < -0.4 is 0 Å². The maximum atomic E-state index is 7.25. The minimum Gasteiger partial charge on any atom is -0.0683 e. The molecule has 0 heteroatoms. The van der Waals surface area contributed by atoms with Gasteiger partial charge in [0.2, 0.25) is 0 Å². The van der Waals surface area contributed by atoms with Crippen LogP contribution in [0.25, 0.3) is 0 Å². The van der Waals surface area contributed by atoms with Gasteiger partial charge in [0.05, 0.1) is 0 Å². The van der Waals surface area contributed by atoms with E-state index in [1.807, 2.05) is 62.3 Å². The average molecular weight is 946 g/mol. The van der Waals surface area contributed by atoms with Gasteiger partial charge in [0, 0.05) is 2.74 Å². The van der Waals surface area contributed by atoms with E-state index in [2.05, 4.69) is 173 Å². The molecule has 0 aromatic rings. The molecule has 0 radical (unpaired) electrons. The van der Waals surface area contributed by atoms with Crippen LogP contribution in [0.1, 0.15) is 380 Å². The molecule has 0 atom stereocenters. The van der Waals surface area contributed by atoms with Crippen LogP contribution in [0.4, 0.5) is 0 Å². The van der Waals surface area contributed by atoms with Gasteiger partial charge >= 0.3 is 0 Å². The van der Waals surface area contributed by atoms with Crippen molar-refractivity contribution in [2.75, 3.05) is 0 Å². The van der Waals surface area contributed by atoms with Gasteiger partial charge in [0.1, 0.15) is 0 Å². The summed E-state index contributed by atoms with van der Waals surface area (Å²) in [4.78, 5) is 0. The van der Waals surface area contributed by atoms with Crippen molar-refractivity contribution in [1.29, 1.82) is 0 Å². The molecule has 0 nitrogen and oxygen atoms in total. The molecule has 0 amide bonds. The predicted octanol–water partition coefficient (Wildman–Crippen LogP) is 26.5. The smallest absolute Gasteiger partial charge is 0.0269 e. The van der Waals surface area contributed by atoms with Crippen LogP contribution >= 0.6 is 0 Å². The number of hydrogen-bond donors (Lipinski definition) is 0. The number of rotatable bonds is 0. The Morgan fingerprint density at radius 2 is 0.515 bits per heavy atom. The lowest BCUT2D eigenvalue weighted by Gasteiger charge is -2.28. The highest BCUT2D eigenvalue weighted by molar-refractivity contribution is 4.74. The quantitative estimate of drug-likeness (QED) is 0.227. The minimum atomic E-state index is -1.06. The largest absolute Gasteiger partial charge is 0.0683 e. The van der Waals surface area contributed by atoms with Crippen LogP contribution in [-0.2, 0) is 0 Å². The molecule has 414 valence electrons. The van der Waals surface area contributed by atoms with E-state index in [0.29, 0.717) is 32.5 Å². The van der Waals surface area contributed by atoms with Crippen molar-refractivity contribution in [2.45, 2.75) is 377 Å². The van der Waals surface area contributed by atoms with Gasteiger partial charge in [-0.25, -0.2) is 0 Å². The van der Waals surface area contributed by atoms with E-state index in [0.717, 1.165) is 17.8 Å². The summed E-state index contributed by atoms with van der Waals surface area (Å²) in [5.74, 6) is 2.92. The fourth-order valence-corrected chi connectivity index (χ4v) is 5.28. The SMILES string of the molecule is CC.CC.CC.CC(C)(C)C.CC(C)(C)C.CC(C)C.CC1(C)CCCC1.CC1(C)CCCCC1.CC1CCCC1.CC1CCCCC1.CCC(C)(C)C.CCC(C)(C)C.[2H]C([2H])(C)C(C)(C)C. The Morgan fingerprint density at radius 1 is 0.379 bits per heavy atom. The van der Waals surface area contributed by atoms with Gasteiger partial charge in [-0.15, -0.1) is 0 Å². The molecule has 0 saturated heterocycles. The van der Waals surface area contributed by atoms with E-state index in [1.165, 1.54) is 128 Å². The first kappa shape index (κ1) is 80.1. The Bertz CT molecular complexity index is 830. The standard InChI is InChI=1S/C8H16.2C7H14.C6H12.3C6H14.2C5H12.C4H10.3C2H6/c1-8(2)6-4-3-5-7-8;1-7(2)5-3-4-6-7;1-7-5-3-2-4-6-7;1-6-4-2-3-5-6;3*1-5-6(2,3)4;2*1-5(2,3)4;1-4(2)3;3*1-2/h3-7H2,1-2H3;3-6H2,1-2H3;7H,2-6H2,1H3;6H,2-5H2,1H3;3*5H2,1-4H3;2*1-4H3;4H,1-3H3;3*1-2H3/i;;;;5D2;;;;;;;;. The fourth-order valence-electron chi connectivity index (χ4n) is 5.28. The van der Waals surface area contributed by atoms with E-state index in [9.17, 15) is 0 Å². The van der Waals surface area contributed by atoms with Crippen LogP contribution in [0.5, 0.6) is 0 Å². The van der Waals surface area contributed by atoms with Crippen LogP contribution in [0.3, 0.4) is 0 Å². The summed E-state index contributed by atoms with van der Waals surface area (Å²) in [7, 11) is 0. The van der Waals surface area contributed by atoms with E-state index in [4.69, 9.17) is 2.74 Å². The van der Waals surface area contributed by atoms with Gasteiger partial charge in [0.15, 0.2) is 0 Å². The molecule has 0 bridgehead atoms. The molecule has 0 aromatic carbocycles. The third-order valence-corrected chi connectivity index (χ3v) is 10.6. The van der Waals surface area contributed by atoms with Crippen molar-refractivity contribution >= 4 is 0 Å². The van der Waals surface area contributed by atoms with Crippen LogP contribution in [0.2, 0.25) is 0 Å². The van der Waals surface area contributed by atoms with Crippen LogP contribution in [0.15, 0.2) is 0 Å². The molecule has 4 rings (SSSR count). The Morgan fingerprint density at radius 3 is 0.576 bits per heavy atom. The summed E-state index contributed by atoms with van der Waals surface area (Å²) in [5, 5.41) is 0. The lowest BCUT2D eigenvalue weighted by Crippen LogP contribution is -2.14. The molecular formula is C66H150. The predicted molar refractivity (Wildman–Crippen MR) is 323 cm³/mol. The molecule has 0 aromatic heterocycles. The molecule has 0 unspecified atom stereocenters. The second-order valence-corrected chi connectivity index (χ2v) is 28.3. The summed E-state index contributed by atoms with van der Waals surface area (Å²) in [5.41, 5.74) is 3.23. The lowest BCUT2D eigenvalue weighted by atomic mass is 9.78. The normalized spacial score (nSPS) is 17.9. The topological polar surface area (TPSA) is 0 Å². The van der Waals surface area contributed by atoms with Gasteiger partial charge in [-0.2, -0.15) is 0 Å². The molecule has 66 heavy (non-hydrogen) atoms. The van der Waals surface area contributed by atoms with E-state index < -0.39 is 6.37 Å². The molecule has 0 N–H and O–H groups in total. The zero-order valence-electron chi connectivity index (χ0n) is 56.9. The molecule has 0 heterocycles. The van der Waals surface area contributed by atoms with Crippen LogP contribution in [-0.4, -0.2) is 0 Å². The van der Waals surface area contributed by atoms with Gasteiger partial charge < -0.3 is 0 Å². The first-order valence-electron chi connectivity index (χ1n) is 30.3. The Kier molecular flexibility index (Phi) is 62.3. The molecule has 0 aliphatic heterocycles. The zero-order chi connectivity index (χ0) is 56.9. The van der Waals surface area contributed by atoms with Crippen LogP contribution in [0, 0.1) is 55.7 Å². The highest BCUT2D eigenvalue weighted by Crippen LogP contribution is 2.36. The molecule has 4 saturated carbocycles. The maximum Gasteiger partial charge on any atom is 0.0269 e. The van der Waals surface area contributed by atoms with Gasteiger partial charge in [-0.1, -0.05) is 351 Å². The Hall–Kier alpha value is 0. The van der Waals surface area contributed by atoms with Crippen molar-refractivity contribution in [3.63, 3.8) is 0 Å². The summed E-state index contributed by atoms with van der Waals surface area (Å²) in [6, 6.07) is 0. The van der Waals surface area contributed by atoms with E-state index >= 15 is 0 Å². The summed E-state index contributed by atoms with van der Waals surface area (Å²) in [6.07, 6.45) is 28.0. The van der Waals surface area contributed by atoms with E-state index in [1.54, 1.807) is 6.92 Å². The molecule has 4 aliphatic carbocycles.